The summed E-state index contributed by atoms with van der Waals surface area (Å²) in [6, 6.07) is 0. The first-order valence-electron chi connectivity index (χ1n) is 4.15. The van der Waals surface area contributed by atoms with Gasteiger partial charge < -0.3 is 0 Å². The van der Waals surface area contributed by atoms with Crippen molar-refractivity contribution in [3.8, 4) is 0 Å². The van der Waals surface area contributed by atoms with Crippen molar-refractivity contribution in [1.29, 1.82) is 0 Å². The Hall–Kier alpha value is -0.780. The molecule has 0 heterocycles. The van der Waals surface area contributed by atoms with Crippen LogP contribution in [0.1, 0.15) is 33.6 Å². The molecule has 0 unspecified atom stereocenters. The maximum Gasteiger partial charge on any atom is -0.0161 e. The van der Waals surface area contributed by atoms with Crippen molar-refractivity contribution < 1.29 is 0 Å². The molecule has 0 spiro atoms. The molecule has 0 aromatic heterocycles. The lowest BCUT2D eigenvalue weighted by Crippen LogP contribution is -1.73. The Labute approximate surface area is 70.3 Å². The van der Waals surface area contributed by atoms with E-state index in [0.717, 1.165) is 12.8 Å². The minimum atomic E-state index is 1.04. The second-order valence-electron chi connectivity index (χ2n) is 2.85. The third-order valence-electron chi connectivity index (χ3n) is 1.58. The maximum absolute atomic E-state index is 3.74. The Bertz CT molecular complexity index is 166. The van der Waals surface area contributed by atoms with Gasteiger partial charge in [-0.25, -0.2) is 0 Å². The van der Waals surface area contributed by atoms with Crippen molar-refractivity contribution >= 4 is 0 Å². The highest BCUT2D eigenvalue weighted by Crippen LogP contribution is 2.04. The molecule has 0 amide bonds. The third-order valence-corrected chi connectivity index (χ3v) is 1.58. The average molecular weight is 150 g/mol. The quantitative estimate of drug-likeness (QED) is 0.421. The molecule has 0 aliphatic heterocycles. The van der Waals surface area contributed by atoms with E-state index in [1.807, 2.05) is 6.08 Å². The van der Waals surface area contributed by atoms with E-state index in [-0.39, 0.29) is 0 Å². The Morgan fingerprint density at radius 1 is 1.27 bits per heavy atom. The molecular formula is C11H18. The Kier molecular flexibility index (Phi) is 5.54. The second kappa shape index (κ2) is 5.96. The average Bonchev–Trinajstić information content (AvgIpc) is 1.98. The zero-order valence-corrected chi connectivity index (χ0v) is 7.85. The lowest BCUT2D eigenvalue weighted by molar-refractivity contribution is 1.12. The molecule has 11 heavy (non-hydrogen) atoms. The van der Waals surface area contributed by atoms with Crippen LogP contribution < -0.4 is 0 Å². The van der Waals surface area contributed by atoms with Crippen molar-refractivity contribution in [2.75, 3.05) is 0 Å². The molecule has 0 saturated carbocycles. The molecule has 0 fully saturated rings. The molecule has 62 valence electrons. The van der Waals surface area contributed by atoms with Gasteiger partial charge in [0.2, 0.25) is 0 Å². The highest BCUT2D eigenvalue weighted by molar-refractivity contribution is 5.17. The van der Waals surface area contributed by atoms with E-state index in [1.54, 1.807) is 0 Å². The van der Waals surface area contributed by atoms with Crippen LogP contribution in [0.2, 0.25) is 0 Å². The van der Waals surface area contributed by atoms with Crippen LogP contribution in [0.4, 0.5) is 0 Å². The summed E-state index contributed by atoms with van der Waals surface area (Å²) in [5.74, 6) is 0. The van der Waals surface area contributed by atoms with Gasteiger partial charge in [0.25, 0.3) is 0 Å². The van der Waals surface area contributed by atoms with Crippen molar-refractivity contribution in [1.82, 2.24) is 0 Å². The summed E-state index contributed by atoms with van der Waals surface area (Å²) in [4.78, 5) is 0. The highest BCUT2D eigenvalue weighted by atomic mass is 13.9. The van der Waals surface area contributed by atoms with E-state index in [0.29, 0.717) is 0 Å². The molecule has 0 nitrogen and oxygen atoms in total. The van der Waals surface area contributed by atoms with Crippen molar-refractivity contribution in [3.63, 3.8) is 0 Å². The van der Waals surface area contributed by atoms with Gasteiger partial charge in [-0.1, -0.05) is 42.9 Å². The van der Waals surface area contributed by atoms with Crippen LogP contribution in [0.25, 0.3) is 0 Å². The SMILES string of the molecule is C=C/C(=C\CC=C(C)C)CC. The van der Waals surface area contributed by atoms with Crippen LogP contribution in [0.15, 0.2) is 36.0 Å². The first-order valence-corrected chi connectivity index (χ1v) is 4.15. The fraction of sp³-hybridized carbons (Fsp3) is 0.455. The van der Waals surface area contributed by atoms with E-state index < -0.39 is 0 Å². The van der Waals surface area contributed by atoms with E-state index in [1.165, 1.54) is 11.1 Å². The lowest BCUT2D eigenvalue weighted by atomic mass is 10.1. The van der Waals surface area contributed by atoms with Gasteiger partial charge in [-0.3, -0.25) is 0 Å². The van der Waals surface area contributed by atoms with E-state index in [4.69, 9.17) is 0 Å². The summed E-state index contributed by atoms with van der Waals surface area (Å²) in [7, 11) is 0. The summed E-state index contributed by atoms with van der Waals surface area (Å²) in [5.41, 5.74) is 2.71. The predicted molar refractivity (Wildman–Crippen MR) is 52.6 cm³/mol. The maximum atomic E-state index is 3.74. The Morgan fingerprint density at radius 3 is 2.27 bits per heavy atom. The monoisotopic (exact) mass is 150 g/mol. The third kappa shape index (κ3) is 5.65. The molecule has 0 atom stereocenters. The van der Waals surface area contributed by atoms with Crippen LogP contribution in [-0.2, 0) is 0 Å². The number of allylic oxidation sites excluding steroid dienone is 5. The summed E-state index contributed by atoms with van der Waals surface area (Å²) < 4.78 is 0. The van der Waals surface area contributed by atoms with Crippen LogP contribution >= 0.6 is 0 Å². The molecule has 0 aliphatic carbocycles. The largest absolute Gasteiger partial charge is 0.0988 e. The van der Waals surface area contributed by atoms with Gasteiger partial charge in [-0.05, 0) is 26.7 Å². The molecule has 0 saturated heterocycles. The van der Waals surface area contributed by atoms with Crippen molar-refractivity contribution in [2.45, 2.75) is 33.6 Å². The van der Waals surface area contributed by atoms with Gasteiger partial charge in [0, 0.05) is 0 Å². The summed E-state index contributed by atoms with van der Waals surface area (Å²) in [6.45, 7) is 10.1. The minimum absolute atomic E-state index is 1.04. The predicted octanol–water partition coefficient (Wildman–Crippen LogP) is 3.87. The first-order chi connectivity index (χ1) is 5.20. The molecule has 0 N–H and O–H groups in total. The van der Waals surface area contributed by atoms with E-state index >= 15 is 0 Å². The van der Waals surface area contributed by atoms with Gasteiger partial charge in [-0.15, -0.1) is 0 Å². The van der Waals surface area contributed by atoms with Crippen molar-refractivity contribution in [3.05, 3.63) is 36.0 Å². The van der Waals surface area contributed by atoms with Crippen LogP contribution in [-0.4, -0.2) is 0 Å². The molecule has 0 aromatic carbocycles. The molecular weight excluding hydrogens is 132 g/mol. The minimum Gasteiger partial charge on any atom is -0.0988 e. The molecule has 0 bridgehead atoms. The van der Waals surface area contributed by atoms with Gasteiger partial charge in [0.1, 0.15) is 0 Å². The summed E-state index contributed by atoms with van der Waals surface area (Å²) in [5, 5.41) is 0. The molecule has 0 radical (unpaired) electrons. The van der Waals surface area contributed by atoms with E-state index in [2.05, 4.69) is 39.5 Å². The smallest absolute Gasteiger partial charge is 0.0161 e. The number of rotatable bonds is 4. The van der Waals surface area contributed by atoms with Gasteiger partial charge >= 0.3 is 0 Å². The van der Waals surface area contributed by atoms with Crippen LogP contribution in [0, 0.1) is 0 Å². The van der Waals surface area contributed by atoms with Crippen molar-refractivity contribution in [2.24, 2.45) is 0 Å². The Balaban J connectivity index is 3.89. The van der Waals surface area contributed by atoms with Gasteiger partial charge in [0.15, 0.2) is 0 Å². The normalized spacial score (nSPS) is 11.0. The Morgan fingerprint density at radius 2 is 1.91 bits per heavy atom. The highest BCUT2D eigenvalue weighted by Gasteiger charge is 1.83. The van der Waals surface area contributed by atoms with Crippen LogP contribution in [0.3, 0.4) is 0 Å². The van der Waals surface area contributed by atoms with E-state index in [9.17, 15) is 0 Å². The molecule has 0 aliphatic rings. The van der Waals surface area contributed by atoms with Crippen LogP contribution in [0.5, 0.6) is 0 Å². The second-order valence-corrected chi connectivity index (χ2v) is 2.85. The molecule has 0 aromatic rings. The fourth-order valence-corrected chi connectivity index (χ4v) is 0.818. The zero-order valence-electron chi connectivity index (χ0n) is 7.85. The lowest BCUT2D eigenvalue weighted by Gasteiger charge is -1.93. The zero-order chi connectivity index (χ0) is 8.69. The number of hydrogen-bond donors (Lipinski definition) is 0. The number of hydrogen-bond acceptors (Lipinski definition) is 0. The first kappa shape index (κ1) is 10.2. The standard InChI is InChI=1S/C11H18/c1-5-11(6-2)9-7-8-10(3)4/h5,8-9H,1,6-7H2,2-4H3/b11-9+. The summed E-state index contributed by atoms with van der Waals surface area (Å²) >= 11 is 0. The molecule has 0 heteroatoms. The summed E-state index contributed by atoms with van der Waals surface area (Å²) in [6.07, 6.45) is 8.50. The van der Waals surface area contributed by atoms with Gasteiger partial charge in [-0.2, -0.15) is 0 Å². The van der Waals surface area contributed by atoms with Gasteiger partial charge in [0.05, 0.1) is 0 Å². The fourth-order valence-electron chi connectivity index (χ4n) is 0.818. The molecule has 0 rings (SSSR count). The topological polar surface area (TPSA) is 0 Å².